The summed E-state index contributed by atoms with van der Waals surface area (Å²) in [6, 6.07) is 13.2. The van der Waals surface area contributed by atoms with Crippen molar-refractivity contribution in [2.75, 3.05) is 16.8 Å². The van der Waals surface area contributed by atoms with Crippen molar-refractivity contribution in [3.05, 3.63) is 54.3 Å². The van der Waals surface area contributed by atoms with Crippen LogP contribution in [0.4, 0.5) is 15.8 Å². The number of hydrogen-bond acceptors (Lipinski definition) is 3. The number of para-hydroxylation sites is 2. The summed E-state index contributed by atoms with van der Waals surface area (Å²) in [6.45, 7) is 1.79. The third kappa shape index (κ3) is 3.37. The van der Waals surface area contributed by atoms with E-state index in [1.807, 2.05) is 18.2 Å². The molecule has 6 heteroatoms. The fraction of sp³-hybridized carbons (Fsp3) is 0.176. The number of nitrogens with one attached hydrogen (secondary N) is 1. The first-order valence-corrected chi connectivity index (χ1v) is 8.05. The predicted octanol–water partition coefficient (Wildman–Crippen LogP) is 3.29. The van der Waals surface area contributed by atoms with Gasteiger partial charge in [-0.3, -0.25) is 14.5 Å². The molecule has 2 amide bonds. The third-order valence-electron chi connectivity index (χ3n) is 3.51. The van der Waals surface area contributed by atoms with Crippen molar-refractivity contribution < 1.29 is 14.0 Å². The van der Waals surface area contributed by atoms with Gasteiger partial charge in [-0.2, -0.15) is 0 Å². The van der Waals surface area contributed by atoms with Gasteiger partial charge in [-0.05, 0) is 43.3 Å². The molecule has 0 fully saturated rings. The molecule has 1 heterocycles. The Balaban J connectivity index is 1.79. The monoisotopic (exact) mass is 330 g/mol. The molecule has 1 aliphatic rings. The molecule has 0 aliphatic carbocycles. The third-order valence-corrected chi connectivity index (χ3v) is 4.61. The maximum Gasteiger partial charge on any atom is 0.244 e. The molecular weight excluding hydrogens is 315 g/mol. The van der Waals surface area contributed by atoms with Gasteiger partial charge in [-0.1, -0.05) is 12.1 Å². The number of thioether (sulfide) groups is 1. The van der Waals surface area contributed by atoms with E-state index < -0.39 is 0 Å². The van der Waals surface area contributed by atoms with Crippen LogP contribution in [0.25, 0.3) is 0 Å². The largest absolute Gasteiger partial charge is 0.323 e. The zero-order valence-corrected chi connectivity index (χ0v) is 13.3. The lowest BCUT2D eigenvalue weighted by Gasteiger charge is -2.30. The zero-order chi connectivity index (χ0) is 16.4. The standard InChI is InChI=1S/C17H15FN2O2S/c1-11(23-13-8-6-12(18)7-9-13)17(22)20-10-16(21)19-14-4-2-3-5-15(14)20/h2-9,11H,10H2,1H3,(H,19,21)/t11-/m1/s1. The Labute approximate surface area is 137 Å². The number of nitrogens with zero attached hydrogens (tertiary/aromatic N) is 1. The number of carbonyl (C=O) groups excluding carboxylic acids is 2. The van der Waals surface area contributed by atoms with Crippen LogP contribution in [0.2, 0.25) is 0 Å². The highest BCUT2D eigenvalue weighted by Crippen LogP contribution is 2.32. The number of fused-ring (bicyclic) bond motifs is 1. The van der Waals surface area contributed by atoms with E-state index in [9.17, 15) is 14.0 Å². The Morgan fingerprint density at radius 1 is 1.22 bits per heavy atom. The lowest BCUT2D eigenvalue weighted by atomic mass is 10.2. The van der Waals surface area contributed by atoms with Crippen molar-refractivity contribution in [2.45, 2.75) is 17.1 Å². The van der Waals surface area contributed by atoms with Gasteiger partial charge < -0.3 is 5.32 Å². The van der Waals surface area contributed by atoms with Crippen LogP contribution in [0.5, 0.6) is 0 Å². The maximum atomic E-state index is 13.0. The Morgan fingerprint density at radius 2 is 1.91 bits per heavy atom. The number of hydrogen-bond donors (Lipinski definition) is 1. The van der Waals surface area contributed by atoms with Crippen LogP contribution >= 0.6 is 11.8 Å². The molecule has 0 saturated heterocycles. The molecule has 0 saturated carbocycles. The molecular formula is C17H15FN2O2S. The molecule has 0 spiro atoms. The van der Waals surface area contributed by atoms with Gasteiger partial charge in [0.1, 0.15) is 12.4 Å². The maximum absolute atomic E-state index is 13.0. The number of benzene rings is 2. The summed E-state index contributed by atoms with van der Waals surface area (Å²) >= 11 is 1.34. The van der Waals surface area contributed by atoms with E-state index in [1.54, 1.807) is 25.1 Å². The van der Waals surface area contributed by atoms with Gasteiger partial charge >= 0.3 is 0 Å². The van der Waals surface area contributed by atoms with Gasteiger partial charge in [0.05, 0.1) is 16.6 Å². The van der Waals surface area contributed by atoms with Gasteiger partial charge in [-0.15, -0.1) is 11.8 Å². The molecule has 2 aromatic rings. The molecule has 3 rings (SSSR count). The van der Waals surface area contributed by atoms with E-state index >= 15 is 0 Å². The van der Waals surface area contributed by atoms with Crippen LogP contribution in [0, 0.1) is 5.82 Å². The van der Waals surface area contributed by atoms with Gasteiger partial charge in [0.15, 0.2) is 0 Å². The fourth-order valence-electron chi connectivity index (χ4n) is 2.42. The molecule has 1 N–H and O–H groups in total. The summed E-state index contributed by atoms with van der Waals surface area (Å²) < 4.78 is 13.0. The predicted molar refractivity (Wildman–Crippen MR) is 89.1 cm³/mol. The van der Waals surface area contributed by atoms with E-state index in [2.05, 4.69) is 5.32 Å². The van der Waals surface area contributed by atoms with Crippen molar-refractivity contribution in [2.24, 2.45) is 0 Å². The Hall–Kier alpha value is -2.34. The van der Waals surface area contributed by atoms with Crippen LogP contribution in [-0.4, -0.2) is 23.6 Å². The summed E-state index contributed by atoms with van der Waals surface area (Å²) in [5.74, 6) is -0.674. The molecule has 23 heavy (non-hydrogen) atoms. The molecule has 4 nitrogen and oxygen atoms in total. The van der Waals surface area contributed by atoms with E-state index in [1.165, 1.54) is 28.8 Å². The van der Waals surface area contributed by atoms with Crippen molar-refractivity contribution in [1.29, 1.82) is 0 Å². The fourth-order valence-corrected chi connectivity index (χ4v) is 3.35. The van der Waals surface area contributed by atoms with Gasteiger partial charge in [0, 0.05) is 4.90 Å². The second-order valence-electron chi connectivity index (χ2n) is 5.20. The molecule has 0 unspecified atom stereocenters. The lowest BCUT2D eigenvalue weighted by Crippen LogP contribution is -2.45. The molecule has 118 valence electrons. The smallest absolute Gasteiger partial charge is 0.244 e. The first-order chi connectivity index (χ1) is 11.0. The van der Waals surface area contributed by atoms with Crippen molar-refractivity contribution in [3.8, 4) is 0 Å². The van der Waals surface area contributed by atoms with E-state index in [0.29, 0.717) is 11.4 Å². The van der Waals surface area contributed by atoms with Crippen molar-refractivity contribution >= 4 is 35.0 Å². The van der Waals surface area contributed by atoms with Crippen LogP contribution < -0.4 is 10.2 Å². The SMILES string of the molecule is C[C@@H](Sc1ccc(F)cc1)C(=O)N1CC(=O)Nc2ccccc21. The molecule has 0 aromatic heterocycles. The molecule has 0 bridgehead atoms. The van der Waals surface area contributed by atoms with Crippen LogP contribution in [0.3, 0.4) is 0 Å². The number of carbonyl (C=O) groups is 2. The Kier molecular flexibility index (Phi) is 4.34. The first-order valence-electron chi connectivity index (χ1n) is 7.17. The number of amides is 2. The summed E-state index contributed by atoms with van der Waals surface area (Å²) in [7, 11) is 0. The van der Waals surface area contributed by atoms with E-state index in [0.717, 1.165) is 4.90 Å². The van der Waals surface area contributed by atoms with Crippen LogP contribution in [0.1, 0.15) is 6.92 Å². The second kappa shape index (κ2) is 6.42. The molecule has 2 aromatic carbocycles. The normalized spacial score (nSPS) is 14.9. The van der Waals surface area contributed by atoms with Crippen molar-refractivity contribution in [3.63, 3.8) is 0 Å². The lowest BCUT2D eigenvalue weighted by molar-refractivity contribution is -0.121. The highest BCUT2D eigenvalue weighted by atomic mass is 32.2. The second-order valence-corrected chi connectivity index (χ2v) is 6.62. The summed E-state index contributed by atoms with van der Waals surface area (Å²) in [5.41, 5.74) is 1.33. The number of anilines is 2. The first kappa shape index (κ1) is 15.6. The quantitative estimate of drug-likeness (QED) is 0.879. The minimum atomic E-state index is -0.389. The summed E-state index contributed by atoms with van der Waals surface area (Å²) in [5, 5.41) is 2.37. The van der Waals surface area contributed by atoms with Crippen LogP contribution in [-0.2, 0) is 9.59 Å². The summed E-state index contributed by atoms with van der Waals surface area (Å²) in [4.78, 5) is 26.8. The van der Waals surface area contributed by atoms with Gasteiger partial charge in [0.25, 0.3) is 0 Å². The topological polar surface area (TPSA) is 49.4 Å². The highest BCUT2D eigenvalue weighted by molar-refractivity contribution is 8.00. The zero-order valence-electron chi connectivity index (χ0n) is 12.5. The summed E-state index contributed by atoms with van der Waals surface area (Å²) in [6.07, 6.45) is 0. The Bertz CT molecular complexity index is 749. The van der Waals surface area contributed by atoms with Gasteiger partial charge in [-0.25, -0.2) is 4.39 Å². The number of halogens is 1. The van der Waals surface area contributed by atoms with Gasteiger partial charge in [0.2, 0.25) is 11.8 Å². The average molecular weight is 330 g/mol. The Morgan fingerprint density at radius 3 is 2.65 bits per heavy atom. The molecule has 1 atom stereocenters. The van der Waals surface area contributed by atoms with Crippen molar-refractivity contribution in [1.82, 2.24) is 0 Å². The van der Waals surface area contributed by atoms with E-state index in [-0.39, 0.29) is 29.4 Å². The average Bonchev–Trinajstić information content (AvgIpc) is 2.55. The number of rotatable bonds is 3. The molecule has 1 aliphatic heterocycles. The highest BCUT2D eigenvalue weighted by Gasteiger charge is 2.29. The minimum absolute atomic E-state index is 0.00413. The minimum Gasteiger partial charge on any atom is -0.323 e. The van der Waals surface area contributed by atoms with Crippen LogP contribution in [0.15, 0.2) is 53.4 Å². The van der Waals surface area contributed by atoms with E-state index in [4.69, 9.17) is 0 Å². The molecule has 0 radical (unpaired) electrons.